The lowest BCUT2D eigenvalue weighted by Gasteiger charge is -2.29. The molecule has 8 heteroatoms. The molecule has 0 fully saturated rings. The van der Waals surface area contributed by atoms with Crippen molar-refractivity contribution >= 4 is 46.8 Å². The molecule has 0 bridgehead atoms. The monoisotopic (exact) mass is 484 g/mol. The molecule has 2 rings (SSSR count). The number of hydrogen-bond acceptors (Lipinski definition) is 3. The quantitative estimate of drug-likeness (QED) is 0.470. The maximum Gasteiger partial charge on any atom is 0.242 e. The normalized spacial score (nSPS) is 12.8. The lowest BCUT2D eigenvalue weighted by atomic mass is 10.1. The van der Waals surface area contributed by atoms with Gasteiger partial charge in [-0.25, -0.2) is 4.39 Å². The van der Waals surface area contributed by atoms with Gasteiger partial charge >= 0.3 is 0 Å². The Labute approximate surface area is 197 Å². The Hall–Kier alpha value is -1.76. The third kappa shape index (κ3) is 7.41. The van der Waals surface area contributed by atoms with Crippen molar-refractivity contribution in [2.24, 2.45) is 0 Å². The minimum Gasteiger partial charge on any atom is -0.352 e. The molecule has 0 spiro atoms. The van der Waals surface area contributed by atoms with Gasteiger partial charge in [-0.15, -0.1) is 11.8 Å². The second-order valence-electron chi connectivity index (χ2n) is 7.30. The number of thioether (sulfide) groups is 1. The molecule has 0 aliphatic carbocycles. The van der Waals surface area contributed by atoms with Gasteiger partial charge in [0.2, 0.25) is 11.8 Å². The van der Waals surface area contributed by atoms with Crippen molar-refractivity contribution in [2.45, 2.75) is 51.6 Å². The molecule has 2 atom stereocenters. The van der Waals surface area contributed by atoms with Gasteiger partial charge in [0, 0.05) is 33.9 Å². The van der Waals surface area contributed by atoms with Gasteiger partial charge < -0.3 is 10.2 Å². The van der Waals surface area contributed by atoms with E-state index in [9.17, 15) is 14.0 Å². The van der Waals surface area contributed by atoms with E-state index in [1.807, 2.05) is 13.8 Å². The fraction of sp³-hybridized carbons (Fsp3) is 0.391. The average molecular weight is 485 g/mol. The first-order valence-electron chi connectivity index (χ1n) is 10.1. The Morgan fingerprint density at radius 1 is 1.10 bits per heavy atom. The molecule has 31 heavy (non-hydrogen) atoms. The zero-order valence-corrected chi connectivity index (χ0v) is 20.2. The summed E-state index contributed by atoms with van der Waals surface area (Å²) in [4.78, 5) is 27.1. The highest BCUT2D eigenvalue weighted by atomic mass is 35.5. The zero-order chi connectivity index (χ0) is 23.0. The summed E-state index contributed by atoms with van der Waals surface area (Å²) < 4.78 is 14.2. The molecule has 2 aromatic carbocycles. The Balaban J connectivity index is 2.13. The van der Waals surface area contributed by atoms with Crippen molar-refractivity contribution in [2.75, 3.05) is 5.75 Å². The lowest BCUT2D eigenvalue weighted by Crippen LogP contribution is -2.50. The fourth-order valence-corrected chi connectivity index (χ4v) is 4.50. The standard InChI is InChI=1S/C23H27Cl2FN2O2S/c1-4-15(2)27-23(30)16(3)28(12-17-8-5-6-11-21(17)26)22(29)14-31-13-18-19(24)9-7-10-20(18)25/h5-11,15-16H,4,12-14H2,1-3H3,(H,27,30)/t15-,16+/m1/s1. The van der Waals surface area contributed by atoms with Crippen LogP contribution in [0.1, 0.15) is 38.3 Å². The summed E-state index contributed by atoms with van der Waals surface area (Å²) in [6, 6.07) is 10.8. The molecule has 0 saturated carbocycles. The number of nitrogens with one attached hydrogen (secondary N) is 1. The predicted molar refractivity (Wildman–Crippen MR) is 127 cm³/mol. The molecule has 1 N–H and O–H groups in total. The van der Waals surface area contributed by atoms with Crippen molar-refractivity contribution in [3.05, 3.63) is 69.5 Å². The van der Waals surface area contributed by atoms with E-state index in [1.165, 1.54) is 22.7 Å². The third-order valence-corrected chi connectivity index (χ3v) is 6.65. The van der Waals surface area contributed by atoms with Crippen LogP contribution in [0.25, 0.3) is 0 Å². The summed E-state index contributed by atoms with van der Waals surface area (Å²) in [5, 5.41) is 3.97. The number of benzene rings is 2. The molecular formula is C23H27Cl2FN2O2S. The minimum absolute atomic E-state index is 0.00795. The van der Waals surface area contributed by atoms with Crippen LogP contribution in [0.3, 0.4) is 0 Å². The van der Waals surface area contributed by atoms with Crippen LogP contribution in [0.15, 0.2) is 42.5 Å². The number of carbonyl (C=O) groups is 2. The van der Waals surface area contributed by atoms with Gasteiger partial charge in [-0.2, -0.15) is 0 Å². The van der Waals surface area contributed by atoms with Gasteiger partial charge in [-0.05, 0) is 44.0 Å². The van der Waals surface area contributed by atoms with Crippen LogP contribution < -0.4 is 5.32 Å². The third-order valence-electron chi connectivity index (χ3n) is 5.00. The molecule has 0 saturated heterocycles. The smallest absolute Gasteiger partial charge is 0.242 e. The molecule has 2 amide bonds. The largest absolute Gasteiger partial charge is 0.352 e. The van der Waals surface area contributed by atoms with Crippen LogP contribution in [0.4, 0.5) is 4.39 Å². The predicted octanol–water partition coefficient (Wildman–Crippen LogP) is 5.70. The molecule has 2 aromatic rings. The van der Waals surface area contributed by atoms with Gasteiger partial charge in [0.25, 0.3) is 0 Å². The highest BCUT2D eigenvalue weighted by Gasteiger charge is 2.27. The van der Waals surface area contributed by atoms with Crippen molar-refractivity contribution in [1.29, 1.82) is 0 Å². The Bertz CT molecular complexity index is 893. The summed E-state index contributed by atoms with van der Waals surface area (Å²) >= 11 is 13.7. The van der Waals surface area contributed by atoms with Crippen LogP contribution in [-0.2, 0) is 21.9 Å². The van der Waals surface area contributed by atoms with Gasteiger partial charge in [-0.1, -0.05) is 54.4 Å². The van der Waals surface area contributed by atoms with Crippen LogP contribution in [0, 0.1) is 5.82 Å². The van der Waals surface area contributed by atoms with Crippen LogP contribution in [0.5, 0.6) is 0 Å². The van der Waals surface area contributed by atoms with E-state index >= 15 is 0 Å². The molecule has 0 aromatic heterocycles. The first kappa shape index (κ1) is 25.5. The van der Waals surface area contributed by atoms with E-state index in [2.05, 4.69) is 5.32 Å². The Kier molecular flexibility index (Phi) is 10.1. The van der Waals surface area contributed by atoms with Gasteiger partial charge in [0.15, 0.2) is 0 Å². The Morgan fingerprint density at radius 3 is 2.35 bits per heavy atom. The Morgan fingerprint density at radius 2 is 1.74 bits per heavy atom. The summed E-state index contributed by atoms with van der Waals surface area (Å²) in [5.74, 6) is -0.380. The summed E-state index contributed by atoms with van der Waals surface area (Å²) in [6.45, 7) is 5.53. The first-order chi connectivity index (χ1) is 14.7. The van der Waals surface area contributed by atoms with Crippen LogP contribution >= 0.6 is 35.0 Å². The molecule has 0 heterocycles. The molecule has 0 aliphatic rings. The van der Waals surface area contributed by atoms with Gasteiger partial charge in [-0.3, -0.25) is 9.59 Å². The van der Waals surface area contributed by atoms with Crippen molar-refractivity contribution in [3.8, 4) is 0 Å². The highest BCUT2D eigenvalue weighted by Crippen LogP contribution is 2.28. The maximum absolute atomic E-state index is 14.2. The molecular weight excluding hydrogens is 458 g/mol. The van der Waals surface area contributed by atoms with Crippen LogP contribution in [0.2, 0.25) is 10.0 Å². The van der Waals surface area contributed by atoms with E-state index in [1.54, 1.807) is 43.3 Å². The molecule has 0 aliphatic heterocycles. The maximum atomic E-state index is 14.2. The number of halogens is 3. The summed E-state index contributed by atoms with van der Waals surface area (Å²) in [7, 11) is 0. The van der Waals surface area contributed by atoms with Crippen molar-refractivity contribution < 1.29 is 14.0 Å². The zero-order valence-electron chi connectivity index (χ0n) is 17.8. The minimum atomic E-state index is -0.745. The molecule has 0 radical (unpaired) electrons. The van der Waals surface area contributed by atoms with E-state index < -0.39 is 11.9 Å². The number of rotatable bonds is 10. The fourth-order valence-electron chi connectivity index (χ4n) is 2.85. The van der Waals surface area contributed by atoms with Crippen LogP contribution in [-0.4, -0.2) is 34.6 Å². The number of nitrogens with zero attached hydrogens (tertiary/aromatic N) is 1. The van der Waals surface area contributed by atoms with Gasteiger partial charge in [0.05, 0.1) is 5.75 Å². The van der Waals surface area contributed by atoms with E-state index in [0.717, 1.165) is 12.0 Å². The highest BCUT2D eigenvalue weighted by molar-refractivity contribution is 7.99. The van der Waals surface area contributed by atoms with Crippen molar-refractivity contribution in [1.82, 2.24) is 10.2 Å². The number of hydrogen-bond donors (Lipinski definition) is 1. The van der Waals surface area contributed by atoms with E-state index in [4.69, 9.17) is 23.2 Å². The molecule has 168 valence electrons. The average Bonchev–Trinajstić information content (AvgIpc) is 2.74. The topological polar surface area (TPSA) is 49.4 Å². The second-order valence-corrected chi connectivity index (χ2v) is 9.10. The van der Waals surface area contributed by atoms with Gasteiger partial charge in [0.1, 0.15) is 11.9 Å². The second kappa shape index (κ2) is 12.3. The number of amides is 2. The molecule has 0 unspecified atom stereocenters. The SMILES string of the molecule is CC[C@@H](C)NC(=O)[C@H](C)N(Cc1ccccc1F)C(=O)CSCc1c(Cl)cccc1Cl. The van der Waals surface area contributed by atoms with E-state index in [0.29, 0.717) is 21.4 Å². The lowest BCUT2D eigenvalue weighted by molar-refractivity contribution is -0.139. The number of carbonyl (C=O) groups excluding carboxylic acids is 2. The first-order valence-corrected chi connectivity index (χ1v) is 12.0. The molecule has 4 nitrogen and oxygen atoms in total. The van der Waals surface area contributed by atoms with E-state index in [-0.39, 0.29) is 30.2 Å². The summed E-state index contributed by atoms with van der Waals surface area (Å²) in [5.41, 5.74) is 1.12. The summed E-state index contributed by atoms with van der Waals surface area (Å²) in [6.07, 6.45) is 0.772. The van der Waals surface area contributed by atoms with Crippen molar-refractivity contribution in [3.63, 3.8) is 0 Å².